The average molecular weight is 432 g/mol. The van der Waals surface area contributed by atoms with E-state index in [1.165, 1.54) is 6.07 Å². The number of carbonyl (C=O) groups excluding carboxylic acids is 1. The standard InChI is InChI=1S/C19H18BrN3O4/c20-15-8-7-12(10-17(15)23(25)26)18-21-16-6-2-1-5-14(16)19(24)22(18)11-13-4-3-9-27-13/h1-2,5-8,10,13,18,21H,3-4,9,11H2/t13-,18-/m1/s1. The lowest BCUT2D eigenvalue weighted by Gasteiger charge is -2.39. The van der Waals surface area contributed by atoms with Gasteiger partial charge in [0.2, 0.25) is 0 Å². The maximum atomic E-state index is 13.2. The number of nitrogens with one attached hydrogen (secondary N) is 1. The first-order chi connectivity index (χ1) is 13.0. The number of hydrogen-bond acceptors (Lipinski definition) is 5. The molecule has 0 spiro atoms. The van der Waals surface area contributed by atoms with Crippen molar-refractivity contribution in [1.82, 2.24) is 4.90 Å². The van der Waals surface area contributed by atoms with Crippen molar-refractivity contribution in [2.45, 2.75) is 25.1 Å². The molecule has 2 aliphatic rings. The molecule has 2 aliphatic heterocycles. The van der Waals surface area contributed by atoms with Crippen LogP contribution in [0.15, 0.2) is 46.9 Å². The summed E-state index contributed by atoms with van der Waals surface area (Å²) in [5.41, 5.74) is 1.95. The second-order valence-electron chi connectivity index (χ2n) is 6.65. The monoisotopic (exact) mass is 431 g/mol. The molecular formula is C19H18BrN3O4. The average Bonchev–Trinajstić information content (AvgIpc) is 3.17. The van der Waals surface area contributed by atoms with E-state index in [0.717, 1.165) is 18.5 Å². The predicted molar refractivity (Wildman–Crippen MR) is 104 cm³/mol. The van der Waals surface area contributed by atoms with E-state index in [1.54, 1.807) is 23.1 Å². The van der Waals surface area contributed by atoms with Crippen molar-refractivity contribution in [3.8, 4) is 0 Å². The van der Waals surface area contributed by atoms with Crippen LogP contribution >= 0.6 is 15.9 Å². The number of fused-ring (bicyclic) bond motifs is 1. The number of ether oxygens (including phenoxy) is 1. The lowest BCUT2D eigenvalue weighted by molar-refractivity contribution is -0.385. The Morgan fingerprint density at radius 2 is 2.11 bits per heavy atom. The van der Waals surface area contributed by atoms with E-state index >= 15 is 0 Å². The number of anilines is 1. The van der Waals surface area contributed by atoms with Crippen molar-refractivity contribution in [2.75, 3.05) is 18.5 Å². The van der Waals surface area contributed by atoms with Gasteiger partial charge in [0.05, 0.1) is 21.1 Å². The highest BCUT2D eigenvalue weighted by atomic mass is 79.9. The summed E-state index contributed by atoms with van der Waals surface area (Å²) in [4.78, 5) is 25.8. The smallest absolute Gasteiger partial charge is 0.283 e. The SMILES string of the molecule is O=C1c2ccccc2N[C@@H](c2ccc(Br)c([N+](=O)[O-])c2)N1C[C@H]1CCCO1. The van der Waals surface area contributed by atoms with Crippen LogP contribution in [0, 0.1) is 10.1 Å². The number of rotatable bonds is 4. The van der Waals surface area contributed by atoms with Crippen LogP contribution in [0.25, 0.3) is 0 Å². The first-order valence-corrected chi connectivity index (χ1v) is 9.56. The third-order valence-corrected chi connectivity index (χ3v) is 5.60. The molecule has 1 fully saturated rings. The quantitative estimate of drug-likeness (QED) is 0.581. The maximum absolute atomic E-state index is 13.2. The van der Waals surface area contributed by atoms with Crippen LogP contribution in [0.3, 0.4) is 0 Å². The Kier molecular flexibility index (Phi) is 4.84. The van der Waals surface area contributed by atoms with E-state index in [9.17, 15) is 14.9 Å². The normalized spacial score (nSPS) is 21.7. The first-order valence-electron chi connectivity index (χ1n) is 8.76. The molecule has 27 heavy (non-hydrogen) atoms. The van der Waals surface area contributed by atoms with Gasteiger partial charge in [-0.2, -0.15) is 0 Å². The van der Waals surface area contributed by atoms with Crippen molar-refractivity contribution in [3.63, 3.8) is 0 Å². The fourth-order valence-corrected chi connectivity index (χ4v) is 3.98. The molecule has 0 saturated carbocycles. The molecule has 8 heteroatoms. The molecule has 0 bridgehead atoms. The minimum absolute atomic E-state index is 0.0195. The van der Waals surface area contributed by atoms with E-state index in [1.807, 2.05) is 18.2 Å². The summed E-state index contributed by atoms with van der Waals surface area (Å²) >= 11 is 3.22. The minimum atomic E-state index is -0.497. The summed E-state index contributed by atoms with van der Waals surface area (Å²) in [6, 6.07) is 12.3. The second kappa shape index (κ2) is 7.28. The van der Waals surface area contributed by atoms with E-state index in [2.05, 4.69) is 21.2 Å². The molecule has 1 N–H and O–H groups in total. The molecule has 2 heterocycles. The molecule has 2 aromatic carbocycles. The van der Waals surface area contributed by atoms with E-state index in [0.29, 0.717) is 28.8 Å². The van der Waals surface area contributed by atoms with Crippen LogP contribution in [0.4, 0.5) is 11.4 Å². The Hall–Kier alpha value is -2.45. The third-order valence-electron chi connectivity index (χ3n) is 4.93. The molecule has 0 unspecified atom stereocenters. The van der Waals surface area contributed by atoms with Crippen molar-refractivity contribution in [1.29, 1.82) is 0 Å². The molecule has 7 nitrogen and oxygen atoms in total. The van der Waals surface area contributed by atoms with Crippen molar-refractivity contribution >= 4 is 33.2 Å². The van der Waals surface area contributed by atoms with Gasteiger partial charge in [-0.3, -0.25) is 14.9 Å². The van der Waals surface area contributed by atoms with Gasteiger partial charge in [-0.1, -0.05) is 18.2 Å². The van der Waals surface area contributed by atoms with Gasteiger partial charge in [0, 0.05) is 30.5 Å². The zero-order chi connectivity index (χ0) is 19.0. The van der Waals surface area contributed by atoms with Crippen LogP contribution < -0.4 is 5.32 Å². The fraction of sp³-hybridized carbons (Fsp3) is 0.316. The zero-order valence-electron chi connectivity index (χ0n) is 14.4. The van der Waals surface area contributed by atoms with Crippen LogP contribution in [0.5, 0.6) is 0 Å². The summed E-state index contributed by atoms with van der Waals surface area (Å²) in [6.45, 7) is 1.14. The number of halogens is 1. The maximum Gasteiger partial charge on any atom is 0.283 e. The largest absolute Gasteiger partial charge is 0.376 e. The summed E-state index contributed by atoms with van der Waals surface area (Å²) in [5, 5.41) is 14.7. The number of benzene rings is 2. The van der Waals surface area contributed by atoms with Crippen molar-refractivity contribution in [3.05, 3.63) is 68.2 Å². The van der Waals surface area contributed by atoms with Gasteiger partial charge < -0.3 is 15.0 Å². The lowest BCUT2D eigenvalue weighted by Crippen LogP contribution is -2.46. The summed E-state index contributed by atoms with van der Waals surface area (Å²) in [6.07, 6.45) is 1.36. The summed E-state index contributed by atoms with van der Waals surface area (Å²) in [7, 11) is 0. The van der Waals surface area contributed by atoms with E-state index < -0.39 is 11.1 Å². The lowest BCUT2D eigenvalue weighted by atomic mass is 10.0. The predicted octanol–water partition coefficient (Wildman–Crippen LogP) is 4.10. The first kappa shape index (κ1) is 17.9. The molecule has 0 aliphatic carbocycles. The molecule has 140 valence electrons. The van der Waals surface area contributed by atoms with Gasteiger partial charge in [0.1, 0.15) is 6.17 Å². The van der Waals surface area contributed by atoms with Gasteiger partial charge in [-0.05, 0) is 47.0 Å². The molecule has 0 aromatic heterocycles. The number of nitro benzene ring substituents is 1. The summed E-state index contributed by atoms with van der Waals surface area (Å²) in [5.74, 6) is -0.101. The van der Waals surface area contributed by atoms with Crippen LogP contribution in [-0.2, 0) is 4.74 Å². The molecule has 0 radical (unpaired) electrons. The molecule has 2 aromatic rings. The van der Waals surface area contributed by atoms with Crippen LogP contribution in [0.1, 0.15) is 34.9 Å². The number of amides is 1. The molecule has 2 atom stereocenters. The van der Waals surface area contributed by atoms with Crippen LogP contribution in [0.2, 0.25) is 0 Å². The Balaban J connectivity index is 1.74. The van der Waals surface area contributed by atoms with E-state index in [-0.39, 0.29) is 17.7 Å². The van der Waals surface area contributed by atoms with Gasteiger partial charge >= 0.3 is 0 Å². The number of hydrogen-bond donors (Lipinski definition) is 1. The van der Waals surface area contributed by atoms with Crippen molar-refractivity contribution < 1.29 is 14.5 Å². The minimum Gasteiger partial charge on any atom is -0.376 e. The van der Waals surface area contributed by atoms with Gasteiger partial charge in [0.15, 0.2) is 0 Å². The highest BCUT2D eigenvalue weighted by Crippen LogP contribution is 2.36. The number of para-hydroxylation sites is 1. The Morgan fingerprint density at radius 1 is 1.30 bits per heavy atom. The molecule has 1 amide bonds. The highest BCUT2D eigenvalue weighted by molar-refractivity contribution is 9.10. The molecular weight excluding hydrogens is 414 g/mol. The third kappa shape index (κ3) is 3.42. The Bertz CT molecular complexity index is 898. The summed E-state index contributed by atoms with van der Waals surface area (Å²) < 4.78 is 6.13. The fourth-order valence-electron chi connectivity index (χ4n) is 3.59. The molecule has 1 saturated heterocycles. The number of carbonyl (C=O) groups is 1. The molecule has 4 rings (SSSR count). The van der Waals surface area contributed by atoms with Crippen LogP contribution in [-0.4, -0.2) is 35.0 Å². The topological polar surface area (TPSA) is 84.7 Å². The van der Waals surface area contributed by atoms with Crippen molar-refractivity contribution in [2.24, 2.45) is 0 Å². The Morgan fingerprint density at radius 3 is 2.85 bits per heavy atom. The Labute approximate surface area is 164 Å². The van der Waals surface area contributed by atoms with Gasteiger partial charge in [0.25, 0.3) is 11.6 Å². The second-order valence-corrected chi connectivity index (χ2v) is 7.51. The van der Waals surface area contributed by atoms with E-state index in [4.69, 9.17) is 4.74 Å². The van der Waals surface area contributed by atoms with Gasteiger partial charge in [-0.15, -0.1) is 0 Å². The zero-order valence-corrected chi connectivity index (χ0v) is 16.0. The number of nitro groups is 1. The van der Waals surface area contributed by atoms with Gasteiger partial charge in [-0.25, -0.2) is 0 Å². The highest BCUT2D eigenvalue weighted by Gasteiger charge is 2.35. The number of nitrogens with zero attached hydrogens (tertiary/aromatic N) is 2.